The van der Waals surface area contributed by atoms with Crippen LogP contribution in [0.2, 0.25) is 10.0 Å². The van der Waals surface area contributed by atoms with Crippen LogP contribution in [0.1, 0.15) is 10.4 Å². The Morgan fingerprint density at radius 2 is 1.90 bits per heavy atom. The van der Waals surface area contributed by atoms with E-state index in [0.29, 0.717) is 54.1 Å². The Kier molecular flexibility index (Phi) is 5.50. The highest BCUT2D eigenvalue weighted by Gasteiger charge is 2.13. The number of nitrogens with zero attached hydrogens (tertiary/aromatic N) is 1. The van der Waals surface area contributed by atoms with Crippen molar-refractivity contribution < 1.29 is 13.9 Å². The van der Waals surface area contributed by atoms with E-state index in [1.165, 1.54) is 0 Å². The number of aromatic nitrogens is 1. The van der Waals surface area contributed by atoms with E-state index < -0.39 is 0 Å². The first-order valence-corrected chi connectivity index (χ1v) is 10.0. The maximum absolute atomic E-state index is 12.6. The van der Waals surface area contributed by atoms with Crippen LogP contribution in [0, 0.1) is 0 Å². The molecule has 1 aromatic heterocycles. The van der Waals surface area contributed by atoms with Gasteiger partial charge in [0.15, 0.2) is 5.58 Å². The molecule has 0 bridgehead atoms. The van der Waals surface area contributed by atoms with Crippen molar-refractivity contribution in [3.05, 3.63) is 74.7 Å². The zero-order chi connectivity index (χ0) is 20.5. The molecule has 0 atom stereocenters. The van der Waals surface area contributed by atoms with E-state index in [4.69, 9.17) is 32.4 Å². The van der Waals surface area contributed by atoms with Gasteiger partial charge in [-0.05, 0) is 70.5 Å². The molecule has 3 aromatic carbocycles. The second kappa shape index (κ2) is 8.06. The van der Waals surface area contributed by atoms with Gasteiger partial charge < -0.3 is 14.5 Å². The van der Waals surface area contributed by atoms with Crippen LogP contribution in [0.15, 0.2) is 63.5 Å². The van der Waals surface area contributed by atoms with Gasteiger partial charge in [-0.15, -0.1) is 0 Å². The summed E-state index contributed by atoms with van der Waals surface area (Å²) >= 11 is 15.4. The monoisotopic (exact) mass is 490 g/mol. The predicted octanol–water partition coefficient (Wildman–Crippen LogP) is 6.83. The molecule has 0 fully saturated rings. The highest BCUT2D eigenvalue weighted by Crippen LogP contribution is 2.31. The Hall–Kier alpha value is -2.54. The molecular formula is C21H13BrCl2N2O3. The molecule has 0 aliphatic carbocycles. The number of rotatable bonds is 4. The Labute approximate surface area is 184 Å². The number of hydrogen-bond acceptors (Lipinski definition) is 4. The fourth-order valence-corrected chi connectivity index (χ4v) is 3.61. The lowest BCUT2D eigenvalue weighted by atomic mass is 10.2. The van der Waals surface area contributed by atoms with E-state index >= 15 is 0 Å². The Balaban J connectivity index is 1.59. The first kappa shape index (κ1) is 19.8. The molecule has 0 radical (unpaired) electrons. The van der Waals surface area contributed by atoms with Crippen molar-refractivity contribution >= 4 is 61.8 Å². The van der Waals surface area contributed by atoms with Gasteiger partial charge in [0, 0.05) is 16.8 Å². The van der Waals surface area contributed by atoms with Crippen molar-refractivity contribution in [1.82, 2.24) is 4.98 Å². The molecule has 0 spiro atoms. The Bertz CT molecular complexity index is 1240. The van der Waals surface area contributed by atoms with E-state index in [0.717, 1.165) is 0 Å². The van der Waals surface area contributed by atoms with Crippen LogP contribution in [0.3, 0.4) is 0 Å². The summed E-state index contributed by atoms with van der Waals surface area (Å²) in [6, 6.07) is 15.5. The van der Waals surface area contributed by atoms with Crippen LogP contribution in [0.25, 0.3) is 22.6 Å². The molecule has 1 amide bonds. The van der Waals surface area contributed by atoms with Gasteiger partial charge in [0.2, 0.25) is 5.89 Å². The third-order valence-corrected chi connectivity index (χ3v) is 5.58. The number of carbonyl (C=O) groups excluding carboxylic acids is 1. The van der Waals surface area contributed by atoms with Crippen LogP contribution in [-0.2, 0) is 0 Å². The summed E-state index contributed by atoms with van der Waals surface area (Å²) < 4.78 is 11.7. The third-order valence-electron chi connectivity index (χ3n) is 4.23. The number of halogens is 3. The van der Waals surface area contributed by atoms with E-state index in [2.05, 4.69) is 26.2 Å². The predicted molar refractivity (Wildman–Crippen MR) is 118 cm³/mol. The molecule has 146 valence electrons. The van der Waals surface area contributed by atoms with Gasteiger partial charge in [-0.2, -0.15) is 0 Å². The molecule has 0 aliphatic heterocycles. The SMILES string of the molecule is COc1ccc(C(=O)Nc2ccc3oc(-c4ccc(Cl)c(Cl)c4)nc3c2)cc1Br. The zero-order valence-corrected chi connectivity index (χ0v) is 18.1. The van der Waals surface area contributed by atoms with Gasteiger partial charge in [-0.3, -0.25) is 4.79 Å². The number of methoxy groups -OCH3 is 1. The number of fused-ring (bicyclic) bond motifs is 1. The summed E-state index contributed by atoms with van der Waals surface area (Å²) in [4.78, 5) is 17.0. The average Bonchev–Trinajstić information content (AvgIpc) is 3.13. The first-order chi connectivity index (χ1) is 13.9. The molecule has 5 nitrogen and oxygen atoms in total. The highest BCUT2D eigenvalue weighted by atomic mass is 79.9. The molecule has 0 saturated heterocycles. The lowest BCUT2D eigenvalue weighted by Gasteiger charge is -2.07. The quantitative estimate of drug-likeness (QED) is 0.340. The van der Waals surface area contributed by atoms with Crippen molar-refractivity contribution in [3.8, 4) is 17.2 Å². The summed E-state index contributed by atoms with van der Waals surface area (Å²) in [7, 11) is 1.57. The van der Waals surface area contributed by atoms with Crippen molar-refractivity contribution in [3.63, 3.8) is 0 Å². The molecule has 0 aliphatic rings. The second-order valence-electron chi connectivity index (χ2n) is 6.13. The van der Waals surface area contributed by atoms with E-state index in [1.54, 1.807) is 61.7 Å². The smallest absolute Gasteiger partial charge is 0.255 e. The van der Waals surface area contributed by atoms with E-state index in [-0.39, 0.29) is 5.91 Å². The van der Waals surface area contributed by atoms with Gasteiger partial charge >= 0.3 is 0 Å². The van der Waals surface area contributed by atoms with Crippen molar-refractivity contribution in [2.45, 2.75) is 0 Å². The topological polar surface area (TPSA) is 64.4 Å². The molecule has 4 aromatic rings. The zero-order valence-electron chi connectivity index (χ0n) is 15.0. The van der Waals surface area contributed by atoms with Gasteiger partial charge in [-0.25, -0.2) is 4.98 Å². The van der Waals surface area contributed by atoms with Gasteiger partial charge in [0.25, 0.3) is 5.91 Å². The summed E-state index contributed by atoms with van der Waals surface area (Å²) in [5, 5.41) is 3.74. The van der Waals surface area contributed by atoms with Crippen LogP contribution in [-0.4, -0.2) is 18.0 Å². The fraction of sp³-hybridized carbons (Fsp3) is 0.0476. The molecule has 0 unspecified atom stereocenters. The molecule has 0 saturated carbocycles. The molecular weight excluding hydrogens is 479 g/mol. The minimum Gasteiger partial charge on any atom is -0.496 e. The maximum Gasteiger partial charge on any atom is 0.255 e. The minimum absolute atomic E-state index is 0.249. The van der Waals surface area contributed by atoms with Gasteiger partial charge in [0.1, 0.15) is 11.3 Å². The van der Waals surface area contributed by atoms with Gasteiger partial charge in [-0.1, -0.05) is 23.2 Å². The Morgan fingerprint density at radius 1 is 1.07 bits per heavy atom. The number of ether oxygens (including phenoxy) is 1. The largest absolute Gasteiger partial charge is 0.496 e. The van der Waals surface area contributed by atoms with E-state index in [9.17, 15) is 4.79 Å². The normalized spacial score (nSPS) is 10.9. The average molecular weight is 492 g/mol. The number of nitrogens with one attached hydrogen (secondary N) is 1. The summed E-state index contributed by atoms with van der Waals surface area (Å²) in [6.07, 6.45) is 0. The van der Waals surface area contributed by atoms with Crippen molar-refractivity contribution in [2.75, 3.05) is 12.4 Å². The first-order valence-electron chi connectivity index (χ1n) is 8.45. The number of amides is 1. The summed E-state index contributed by atoms with van der Waals surface area (Å²) in [5.41, 5.74) is 3.01. The molecule has 29 heavy (non-hydrogen) atoms. The molecule has 8 heteroatoms. The second-order valence-corrected chi connectivity index (χ2v) is 7.80. The molecule has 1 heterocycles. The lowest BCUT2D eigenvalue weighted by Crippen LogP contribution is -2.11. The van der Waals surface area contributed by atoms with E-state index in [1.807, 2.05) is 0 Å². The summed E-state index contributed by atoms with van der Waals surface area (Å²) in [5.74, 6) is 0.822. The van der Waals surface area contributed by atoms with Crippen molar-refractivity contribution in [1.29, 1.82) is 0 Å². The van der Waals surface area contributed by atoms with Crippen molar-refractivity contribution in [2.24, 2.45) is 0 Å². The number of oxazole rings is 1. The number of anilines is 1. The summed E-state index contributed by atoms with van der Waals surface area (Å²) in [6.45, 7) is 0. The van der Waals surface area contributed by atoms with Crippen LogP contribution < -0.4 is 10.1 Å². The fourth-order valence-electron chi connectivity index (χ4n) is 2.77. The standard InChI is InChI=1S/C21H13BrCl2N2O3/c1-28-18-6-3-11(8-14(18)22)20(27)25-13-4-7-19-17(10-13)26-21(29-19)12-2-5-15(23)16(24)9-12/h2-10H,1H3,(H,25,27). The molecule has 1 N–H and O–H groups in total. The third kappa shape index (κ3) is 4.10. The van der Waals surface area contributed by atoms with Crippen LogP contribution >= 0.6 is 39.1 Å². The van der Waals surface area contributed by atoms with Gasteiger partial charge in [0.05, 0.1) is 21.6 Å². The maximum atomic E-state index is 12.6. The highest BCUT2D eigenvalue weighted by molar-refractivity contribution is 9.10. The van der Waals surface area contributed by atoms with Crippen LogP contribution in [0.5, 0.6) is 5.75 Å². The number of carbonyl (C=O) groups is 1. The minimum atomic E-state index is -0.249. The number of benzene rings is 3. The molecule has 4 rings (SSSR count). The Morgan fingerprint density at radius 3 is 2.62 bits per heavy atom. The lowest BCUT2D eigenvalue weighted by molar-refractivity contribution is 0.102. The van der Waals surface area contributed by atoms with Crippen LogP contribution in [0.4, 0.5) is 5.69 Å². The number of hydrogen-bond donors (Lipinski definition) is 1.